The molecule has 27 heavy (non-hydrogen) atoms. The van der Waals surface area contributed by atoms with Crippen molar-refractivity contribution < 1.29 is 13.2 Å². The number of sulfonamides is 1. The molecule has 8 nitrogen and oxygen atoms in total. The maximum absolute atomic E-state index is 12.9. The van der Waals surface area contributed by atoms with Gasteiger partial charge in [-0.1, -0.05) is 0 Å². The molecular weight excluding hydrogens is 366 g/mol. The lowest BCUT2D eigenvalue weighted by Crippen LogP contribution is -2.38. The SMILES string of the molecule is COc1ccc(S(=O)(=O)N2CCC(c3nn(C)c4nccnc34)CC2)cc1. The third-order valence-electron chi connectivity index (χ3n) is 5.02. The molecule has 1 aliphatic heterocycles. The normalized spacial score (nSPS) is 16.7. The number of hydrogen-bond donors (Lipinski definition) is 0. The maximum atomic E-state index is 12.9. The lowest BCUT2D eigenvalue weighted by atomic mass is 9.94. The van der Waals surface area contributed by atoms with Gasteiger partial charge in [0.15, 0.2) is 5.65 Å². The first-order chi connectivity index (χ1) is 13.0. The number of ether oxygens (including phenoxy) is 1. The zero-order valence-corrected chi connectivity index (χ0v) is 16.1. The molecule has 0 N–H and O–H groups in total. The highest BCUT2D eigenvalue weighted by Gasteiger charge is 2.32. The summed E-state index contributed by atoms with van der Waals surface area (Å²) in [6.45, 7) is 0.911. The van der Waals surface area contributed by atoms with Crippen molar-refractivity contribution in [3.8, 4) is 5.75 Å². The van der Waals surface area contributed by atoms with Crippen molar-refractivity contribution in [1.29, 1.82) is 0 Å². The van der Waals surface area contributed by atoms with Gasteiger partial charge in [-0.3, -0.25) is 0 Å². The molecule has 9 heteroatoms. The summed E-state index contributed by atoms with van der Waals surface area (Å²) in [6, 6.07) is 6.50. The minimum Gasteiger partial charge on any atom is -0.497 e. The van der Waals surface area contributed by atoms with Crippen molar-refractivity contribution in [2.75, 3.05) is 20.2 Å². The molecule has 0 saturated carbocycles. The zero-order valence-electron chi connectivity index (χ0n) is 15.2. The molecule has 1 fully saturated rings. The summed E-state index contributed by atoms with van der Waals surface area (Å²) in [5.74, 6) is 0.809. The highest BCUT2D eigenvalue weighted by Crippen LogP contribution is 2.33. The fourth-order valence-electron chi connectivity index (χ4n) is 3.55. The molecule has 0 bridgehead atoms. The quantitative estimate of drug-likeness (QED) is 0.680. The monoisotopic (exact) mass is 387 g/mol. The van der Waals surface area contributed by atoms with Gasteiger partial charge < -0.3 is 4.74 Å². The van der Waals surface area contributed by atoms with Gasteiger partial charge in [-0.25, -0.2) is 23.1 Å². The predicted octanol–water partition coefficient (Wildman–Crippen LogP) is 1.94. The molecule has 3 aromatic rings. The molecule has 0 unspecified atom stereocenters. The number of aryl methyl sites for hydroxylation is 1. The van der Waals surface area contributed by atoms with Gasteiger partial charge >= 0.3 is 0 Å². The minimum absolute atomic E-state index is 0.174. The van der Waals surface area contributed by atoms with Crippen LogP contribution in [0.2, 0.25) is 0 Å². The number of rotatable bonds is 4. The first-order valence-corrected chi connectivity index (χ1v) is 10.2. The van der Waals surface area contributed by atoms with Gasteiger partial charge in [0.05, 0.1) is 17.7 Å². The lowest BCUT2D eigenvalue weighted by molar-refractivity contribution is 0.316. The molecule has 1 aromatic carbocycles. The van der Waals surface area contributed by atoms with E-state index in [0.29, 0.717) is 31.7 Å². The Labute approximate surface area is 157 Å². The molecule has 0 atom stereocenters. The fraction of sp³-hybridized carbons (Fsp3) is 0.389. The van der Waals surface area contributed by atoms with Crippen LogP contribution in [0.1, 0.15) is 24.5 Å². The summed E-state index contributed by atoms with van der Waals surface area (Å²) in [7, 11) is -0.0992. The Kier molecular flexibility index (Phi) is 4.56. The van der Waals surface area contributed by atoms with Gasteiger partial charge in [0.2, 0.25) is 10.0 Å². The van der Waals surface area contributed by atoms with Crippen molar-refractivity contribution >= 4 is 21.2 Å². The van der Waals surface area contributed by atoms with Crippen LogP contribution in [-0.4, -0.2) is 52.7 Å². The standard InChI is InChI=1S/C18H21N5O3S/c1-22-18-17(19-9-10-20-18)16(21-22)13-7-11-23(12-8-13)27(24,25)15-5-3-14(26-2)4-6-15/h3-6,9-10,13H,7-8,11-12H2,1-2H3. The molecule has 3 heterocycles. The number of benzene rings is 1. The molecule has 2 aromatic heterocycles. The lowest BCUT2D eigenvalue weighted by Gasteiger charge is -2.30. The first kappa shape index (κ1) is 17.9. The van der Waals surface area contributed by atoms with E-state index in [1.807, 2.05) is 7.05 Å². The Morgan fingerprint density at radius 3 is 2.41 bits per heavy atom. The second-order valence-electron chi connectivity index (χ2n) is 6.59. The molecule has 0 amide bonds. The van der Waals surface area contributed by atoms with E-state index >= 15 is 0 Å². The number of aromatic nitrogens is 4. The molecular formula is C18H21N5O3S. The maximum Gasteiger partial charge on any atom is 0.243 e. The van der Waals surface area contributed by atoms with Crippen LogP contribution >= 0.6 is 0 Å². The van der Waals surface area contributed by atoms with Gasteiger partial charge in [-0.15, -0.1) is 0 Å². The fourth-order valence-corrected chi connectivity index (χ4v) is 5.02. The molecule has 142 valence electrons. The van der Waals surface area contributed by atoms with Crippen LogP contribution in [0.5, 0.6) is 5.75 Å². The van der Waals surface area contributed by atoms with Crippen molar-refractivity contribution in [3.63, 3.8) is 0 Å². The summed E-state index contributed by atoms with van der Waals surface area (Å²) >= 11 is 0. The summed E-state index contributed by atoms with van der Waals surface area (Å²) in [4.78, 5) is 9.03. The third kappa shape index (κ3) is 3.17. The van der Waals surface area contributed by atoms with E-state index in [9.17, 15) is 8.42 Å². The molecule has 1 aliphatic rings. The Morgan fingerprint density at radius 2 is 1.74 bits per heavy atom. The van der Waals surface area contributed by atoms with E-state index in [-0.39, 0.29) is 10.8 Å². The predicted molar refractivity (Wildman–Crippen MR) is 100 cm³/mol. The zero-order chi connectivity index (χ0) is 19.0. The van der Waals surface area contributed by atoms with E-state index in [1.165, 1.54) is 0 Å². The van der Waals surface area contributed by atoms with Crippen LogP contribution in [0.3, 0.4) is 0 Å². The topological polar surface area (TPSA) is 90.2 Å². The van der Waals surface area contributed by atoms with Gasteiger partial charge in [0, 0.05) is 38.4 Å². The number of nitrogens with zero attached hydrogens (tertiary/aromatic N) is 5. The van der Waals surface area contributed by atoms with E-state index < -0.39 is 10.0 Å². The van der Waals surface area contributed by atoms with E-state index in [1.54, 1.807) is 52.8 Å². The van der Waals surface area contributed by atoms with Crippen LogP contribution in [0.25, 0.3) is 11.2 Å². The third-order valence-corrected chi connectivity index (χ3v) is 6.94. The average Bonchev–Trinajstić information content (AvgIpc) is 3.05. The summed E-state index contributed by atoms with van der Waals surface area (Å²) in [5.41, 5.74) is 2.46. The van der Waals surface area contributed by atoms with E-state index in [2.05, 4.69) is 15.1 Å². The Balaban J connectivity index is 1.52. The summed E-state index contributed by atoms with van der Waals surface area (Å²) in [5, 5.41) is 4.59. The van der Waals surface area contributed by atoms with Crippen molar-refractivity contribution in [1.82, 2.24) is 24.1 Å². The van der Waals surface area contributed by atoms with Crippen LogP contribution in [0.4, 0.5) is 0 Å². The van der Waals surface area contributed by atoms with E-state index in [4.69, 9.17) is 4.74 Å². The molecule has 1 saturated heterocycles. The average molecular weight is 387 g/mol. The van der Waals surface area contributed by atoms with Crippen LogP contribution in [0, 0.1) is 0 Å². The number of methoxy groups -OCH3 is 1. The van der Waals surface area contributed by atoms with Gasteiger partial charge in [0.25, 0.3) is 0 Å². The minimum atomic E-state index is -3.51. The highest BCUT2D eigenvalue weighted by atomic mass is 32.2. The summed E-state index contributed by atoms with van der Waals surface area (Å²) < 4.78 is 34.2. The van der Waals surface area contributed by atoms with E-state index in [0.717, 1.165) is 16.9 Å². The van der Waals surface area contributed by atoms with Gasteiger partial charge in [0.1, 0.15) is 11.3 Å². The molecule has 0 spiro atoms. The Morgan fingerprint density at radius 1 is 1.07 bits per heavy atom. The largest absolute Gasteiger partial charge is 0.497 e. The van der Waals surface area contributed by atoms with Crippen LogP contribution in [-0.2, 0) is 17.1 Å². The van der Waals surface area contributed by atoms with Crippen LogP contribution < -0.4 is 4.74 Å². The van der Waals surface area contributed by atoms with Gasteiger partial charge in [-0.2, -0.15) is 9.40 Å². The first-order valence-electron chi connectivity index (χ1n) is 8.78. The summed E-state index contributed by atoms with van der Waals surface area (Å²) in [6.07, 6.45) is 4.73. The van der Waals surface area contributed by atoms with Crippen molar-refractivity contribution in [2.24, 2.45) is 7.05 Å². The Bertz CT molecular complexity index is 1050. The highest BCUT2D eigenvalue weighted by molar-refractivity contribution is 7.89. The number of piperidine rings is 1. The number of fused-ring (bicyclic) bond motifs is 1. The molecule has 0 aliphatic carbocycles. The van der Waals surface area contributed by atoms with Crippen molar-refractivity contribution in [2.45, 2.75) is 23.7 Å². The Hall–Kier alpha value is -2.52. The number of hydrogen-bond acceptors (Lipinski definition) is 6. The van der Waals surface area contributed by atoms with Crippen molar-refractivity contribution in [3.05, 3.63) is 42.4 Å². The smallest absolute Gasteiger partial charge is 0.243 e. The molecule has 4 rings (SSSR count). The second kappa shape index (κ2) is 6.90. The van der Waals surface area contributed by atoms with Crippen LogP contribution in [0.15, 0.2) is 41.6 Å². The van der Waals surface area contributed by atoms with Gasteiger partial charge in [-0.05, 0) is 37.1 Å². The second-order valence-corrected chi connectivity index (χ2v) is 8.53. The molecule has 0 radical (unpaired) electrons.